The molecule has 0 unspecified atom stereocenters. The topological polar surface area (TPSA) is 53.1 Å². The van der Waals surface area contributed by atoms with E-state index in [-0.39, 0.29) is 28.3 Å². The van der Waals surface area contributed by atoms with Crippen LogP contribution in [0.4, 0.5) is 24.9 Å². The minimum atomic E-state index is -4.57. The van der Waals surface area contributed by atoms with Gasteiger partial charge in [0.25, 0.3) is 0 Å². The Bertz CT molecular complexity index is 976. The maximum absolute atomic E-state index is 13.6. The normalized spacial score (nSPS) is 20.6. The monoisotopic (exact) mass is 491 g/mol. The SMILES string of the molecule is C[C@H]1CCCCN1c1cc(C(F)(F)F)nc(NC(=S)NCC2(c3ccccc3)CCCCC2)n1. The standard InChI is InChI=1S/C25H32F3N5S/c1-18-10-6-9-15-33(18)21-16-20(25(26,27)28)30-22(31-21)32-23(34)29-17-24(13-7-3-8-14-24)19-11-4-2-5-12-19/h2,4-5,11-12,16,18H,3,6-10,13-15,17H2,1H3,(H2,29,30,31,32,34)/t18-/m0/s1. The number of nitrogens with zero attached hydrogens (tertiary/aromatic N) is 3. The molecule has 0 amide bonds. The maximum atomic E-state index is 13.6. The predicted molar refractivity (Wildman–Crippen MR) is 133 cm³/mol. The van der Waals surface area contributed by atoms with E-state index in [1.165, 1.54) is 12.0 Å². The summed E-state index contributed by atoms with van der Waals surface area (Å²) in [7, 11) is 0. The van der Waals surface area contributed by atoms with Gasteiger partial charge >= 0.3 is 6.18 Å². The number of thiocarbonyl (C=S) groups is 1. The Labute approximate surface area is 204 Å². The van der Waals surface area contributed by atoms with Crippen molar-refractivity contribution in [3.63, 3.8) is 0 Å². The fourth-order valence-corrected chi connectivity index (χ4v) is 5.37. The fraction of sp³-hybridized carbons (Fsp3) is 0.560. The van der Waals surface area contributed by atoms with Crippen LogP contribution in [0.2, 0.25) is 0 Å². The van der Waals surface area contributed by atoms with Gasteiger partial charge in [-0.2, -0.15) is 18.2 Å². The van der Waals surface area contributed by atoms with Crippen LogP contribution in [0.5, 0.6) is 0 Å². The molecule has 0 radical (unpaired) electrons. The average Bonchev–Trinajstić information content (AvgIpc) is 2.83. The zero-order chi connectivity index (χ0) is 24.2. The Morgan fingerprint density at radius 3 is 2.50 bits per heavy atom. The van der Waals surface area contributed by atoms with Crippen LogP contribution >= 0.6 is 12.2 Å². The molecule has 9 heteroatoms. The molecule has 184 valence electrons. The number of hydrogen-bond acceptors (Lipinski definition) is 4. The van der Waals surface area contributed by atoms with Crippen LogP contribution in [-0.2, 0) is 11.6 Å². The predicted octanol–water partition coefficient (Wildman–Crippen LogP) is 6.06. The lowest BCUT2D eigenvalue weighted by molar-refractivity contribution is -0.141. The first-order valence-corrected chi connectivity index (χ1v) is 12.5. The second-order valence-corrected chi connectivity index (χ2v) is 9.89. The highest BCUT2D eigenvalue weighted by molar-refractivity contribution is 7.80. The van der Waals surface area contributed by atoms with Crippen molar-refractivity contribution in [2.24, 2.45) is 0 Å². The van der Waals surface area contributed by atoms with E-state index in [9.17, 15) is 13.2 Å². The van der Waals surface area contributed by atoms with Gasteiger partial charge in [-0.3, -0.25) is 0 Å². The van der Waals surface area contributed by atoms with E-state index in [0.717, 1.165) is 51.0 Å². The van der Waals surface area contributed by atoms with E-state index in [1.54, 1.807) is 0 Å². The van der Waals surface area contributed by atoms with Crippen molar-refractivity contribution < 1.29 is 13.2 Å². The third-order valence-corrected chi connectivity index (χ3v) is 7.36. The van der Waals surface area contributed by atoms with Crippen molar-refractivity contribution in [2.75, 3.05) is 23.3 Å². The average molecular weight is 492 g/mol. The Morgan fingerprint density at radius 1 is 1.09 bits per heavy atom. The van der Waals surface area contributed by atoms with Crippen LogP contribution < -0.4 is 15.5 Å². The molecular formula is C25H32F3N5S. The van der Waals surface area contributed by atoms with Gasteiger partial charge in [-0.15, -0.1) is 0 Å². The first-order chi connectivity index (χ1) is 16.3. The van der Waals surface area contributed by atoms with Gasteiger partial charge in [0.1, 0.15) is 5.82 Å². The van der Waals surface area contributed by atoms with Crippen LogP contribution in [0.25, 0.3) is 0 Å². The van der Waals surface area contributed by atoms with E-state index in [2.05, 4.69) is 32.7 Å². The van der Waals surface area contributed by atoms with Crippen molar-refractivity contribution in [3.8, 4) is 0 Å². The third-order valence-electron chi connectivity index (χ3n) is 7.11. The molecule has 1 saturated heterocycles. The molecule has 2 aliphatic rings. The molecule has 5 nitrogen and oxygen atoms in total. The third kappa shape index (κ3) is 5.79. The molecule has 4 rings (SSSR count). The Balaban J connectivity index is 1.51. The summed E-state index contributed by atoms with van der Waals surface area (Å²) < 4.78 is 40.8. The number of benzene rings is 1. The smallest absolute Gasteiger partial charge is 0.361 e. The molecule has 0 spiro atoms. The molecule has 2 N–H and O–H groups in total. The minimum Gasteiger partial charge on any atom is -0.361 e. The fourth-order valence-electron chi connectivity index (χ4n) is 5.20. The molecule has 1 saturated carbocycles. The van der Waals surface area contributed by atoms with Crippen LogP contribution in [0.1, 0.15) is 69.5 Å². The van der Waals surface area contributed by atoms with Crippen molar-refractivity contribution in [1.29, 1.82) is 0 Å². The van der Waals surface area contributed by atoms with E-state index in [0.29, 0.717) is 13.1 Å². The lowest BCUT2D eigenvalue weighted by atomic mass is 9.69. The number of anilines is 2. The number of rotatable bonds is 5. The molecule has 1 aromatic heterocycles. The van der Waals surface area contributed by atoms with Gasteiger partial charge in [-0.1, -0.05) is 49.6 Å². The molecule has 1 atom stereocenters. The first-order valence-electron chi connectivity index (χ1n) is 12.1. The molecule has 1 aromatic carbocycles. The molecule has 1 aliphatic heterocycles. The molecule has 2 fully saturated rings. The Morgan fingerprint density at radius 2 is 1.82 bits per heavy atom. The van der Waals surface area contributed by atoms with Crippen LogP contribution in [0, 0.1) is 0 Å². The van der Waals surface area contributed by atoms with Crippen LogP contribution in [0.3, 0.4) is 0 Å². The molecule has 34 heavy (non-hydrogen) atoms. The summed E-state index contributed by atoms with van der Waals surface area (Å²) >= 11 is 5.47. The molecule has 1 aliphatic carbocycles. The van der Waals surface area contributed by atoms with Crippen molar-refractivity contribution in [1.82, 2.24) is 15.3 Å². The quantitative estimate of drug-likeness (QED) is 0.496. The van der Waals surface area contributed by atoms with Gasteiger partial charge in [0.05, 0.1) is 0 Å². The summed E-state index contributed by atoms with van der Waals surface area (Å²) in [6.45, 7) is 3.30. The van der Waals surface area contributed by atoms with E-state index >= 15 is 0 Å². The van der Waals surface area contributed by atoms with Gasteiger partial charge in [-0.25, -0.2) is 4.98 Å². The summed E-state index contributed by atoms with van der Waals surface area (Å²) in [6, 6.07) is 11.5. The number of alkyl halides is 3. The zero-order valence-electron chi connectivity index (χ0n) is 19.5. The summed E-state index contributed by atoms with van der Waals surface area (Å²) in [5, 5.41) is 6.31. The molecular weight excluding hydrogens is 459 g/mol. The van der Waals surface area contributed by atoms with Crippen molar-refractivity contribution in [3.05, 3.63) is 47.7 Å². The number of piperidine rings is 1. The van der Waals surface area contributed by atoms with Crippen molar-refractivity contribution in [2.45, 2.75) is 75.9 Å². The number of halogens is 3. The van der Waals surface area contributed by atoms with Gasteiger partial charge < -0.3 is 15.5 Å². The lowest BCUT2D eigenvalue weighted by Crippen LogP contribution is -2.43. The largest absolute Gasteiger partial charge is 0.433 e. The maximum Gasteiger partial charge on any atom is 0.433 e. The van der Waals surface area contributed by atoms with Gasteiger partial charge in [0.2, 0.25) is 5.95 Å². The van der Waals surface area contributed by atoms with E-state index < -0.39 is 11.9 Å². The lowest BCUT2D eigenvalue weighted by Gasteiger charge is -2.38. The zero-order valence-corrected chi connectivity index (χ0v) is 20.3. The number of nitrogens with one attached hydrogen (secondary N) is 2. The molecule has 2 heterocycles. The number of hydrogen-bond donors (Lipinski definition) is 2. The van der Waals surface area contributed by atoms with Crippen molar-refractivity contribution >= 4 is 29.1 Å². The summed E-state index contributed by atoms with van der Waals surface area (Å²) in [5.74, 6) is 0.158. The molecule has 0 bridgehead atoms. The number of aromatic nitrogens is 2. The van der Waals surface area contributed by atoms with E-state index in [1.807, 2.05) is 30.0 Å². The van der Waals surface area contributed by atoms with Crippen LogP contribution in [0.15, 0.2) is 36.4 Å². The highest BCUT2D eigenvalue weighted by atomic mass is 32.1. The molecule has 2 aromatic rings. The second kappa shape index (κ2) is 10.5. The summed E-state index contributed by atoms with van der Waals surface area (Å²) in [4.78, 5) is 10.1. The highest BCUT2D eigenvalue weighted by Crippen LogP contribution is 2.39. The summed E-state index contributed by atoms with van der Waals surface area (Å²) in [6.07, 6.45) is 3.95. The minimum absolute atomic E-state index is 0.0473. The highest BCUT2D eigenvalue weighted by Gasteiger charge is 2.36. The van der Waals surface area contributed by atoms with Crippen LogP contribution in [-0.4, -0.2) is 34.2 Å². The second-order valence-electron chi connectivity index (χ2n) is 9.49. The Hall–Kier alpha value is -2.42. The van der Waals surface area contributed by atoms with Gasteiger partial charge in [0, 0.05) is 30.6 Å². The van der Waals surface area contributed by atoms with Gasteiger partial charge in [0.15, 0.2) is 10.8 Å². The van der Waals surface area contributed by atoms with Gasteiger partial charge in [-0.05, 0) is 56.8 Å². The van der Waals surface area contributed by atoms with E-state index in [4.69, 9.17) is 12.2 Å². The summed E-state index contributed by atoms with van der Waals surface area (Å²) in [5.41, 5.74) is 0.254. The Kier molecular flexibility index (Phi) is 7.60. The first kappa shape index (κ1) is 24.7.